The third kappa shape index (κ3) is 2.78. The van der Waals surface area contributed by atoms with Gasteiger partial charge in [0.25, 0.3) is 0 Å². The quantitative estimate of drug-likeness (QED) is 0.934. The molecule has 1 aliphatic carbocycles. The minimum atomic E-state index is 0.0699. The maximum Gasteiger partial charge on any atom is 0.317 e. The lowest BCUT2D eigenvalue weighted by Crippen LogP contribution is -2.56. The first kappa shape index (κ1) is 15.2. The number of hydrogen-bond acceptors (Lipinski definition) is 3. The summed E-state index contributed by atoms with van der Waals surface area (Å²) in [5, 5.41) is 3.16. The Labute approximate surface area is 147 Å². The number of rotatable bonds is 3. The van der Waals surface area contributed by atoms with Crippen molar-refractivity contribution < 1.29 is 9.53 Å². The lowest BCUT2D eigenvalue weighted by Gasteiger charge is -2.41. The van der Waals surface area contributed by atoms with Gasteiger partial charge < -0.3 is 19.5 Å². The highest BCUT2D eigenvalue weighted by Gasteiger charge is 2.38. The summed E-state index contributed by atoms with van der Waals surface area (Å²) in [6, 6.07) is 9.04. The largest absolute Gasteiger partial charge is 0.381 e. The van der Waals surface area contributed by atoms with E-state index in [0.717, 1.165) is 44.7 Å². The standard InChI is InChI=1S/C19H24N4O2/c24-19(20-14-7-9-25-10-8-14)22-11-15(12-22)23-17-4-2-1-3-16(17)21-18(23)13-5-6-13/h1-4,13-15H,5-12H2,(H,20,24). The normalized spacial score (nSPS) is 22.2. The number of likely N-dealkylation sites (tertiary alicyclic amines) is 1. The molecule has 6 nitrogen and oxygen atoms in total. The Kier molecular flexibility index (Phi) is 3.66. The van der Waals surface area contributed by atoms with Gasteiger partial charge in [-0.25, -0.2) is 9.78 Å². The summed E-state index contributed by atoms with van der Waals surface area (Å²) in [5.74, 6) is 1.83. The van der Waals surface area contributed by atoms with E-state index in [0.29, 0.717) is 12.0 Å². The van der Waals surface area contributed by atoms with Crippen LogP contribution in [0.1, 0.15) is 43.5 Å². The molecule has 3 fully saturated rings. The highest BCUT2D eigenvalue weighted by molar-refractivity contribution is 5.78. The molecule has 2 aromatic rings. The van der Waals surface area contributed by atoms with Gasteiger partial charge in [-0.15, -0.1) is 0 Å². The summed E-state index contributed by atoms with van der Waals surface area (Å²) < 4.78 is 7.75. The van der Waals surface area contributed by atoms with E-state index < -0.39 is 0 Å². The average molecular weight is 340 g/mol. The summed E-state index contributed by atoms with van der Waals surface area (Å²) in [4.78, 5) is 19.2. The number of carbonyl (C=O) groups excluding carboxylic acids is 1. The van der Waals surface area contributed by atoms with Crippen LogP contribution in [0.3, 0.4) is 0 Å². The van der Waals surface area contributed by atoms with Gasteiger partial charge in [-0.05, 0) is 37.8 Å². The summed E-state index contributed by atoms with van der Waals surface area (Å²) in [5.41, 5.74) is 2.29. The van der Waals surface area contributed by atoms with Gasteiger partial charge in [-0.3, -0.25) is 0 Å². The van der Waals surface area contributed by atoms with Crippen LogP contribution in [0.15, 0.2) is 24.3 Å². The van der Waals surface area contributed by atoms with Crippen molar-refractivity contribution in [3.63, 3.8) is 0 Å². The number of amides is 2. The molecule has 132 valence electrons. The van der Waals surface area contributed by atoms with Gasteiger partial charge in [0.15, 0.2) is 0 Å². The molecule has 0 bridgehead atoms. The summed E-state index contributed by atoms with van der Waals surface area (Å²) in [7, 11) is 0. The molecule has 1 N–H and O–H groups in total. The molecular weight excluding hydrogens is 316 g/mol. The number of hydrogen-bond donors (Lipinski definition) is 1. The van der Waals surface area contributed by atoms with Crippen molar-refractivity contribution in [2.45, 2.75) is 43.7 Å². The molecule has 3 aliphatic rings. The Morgan fingerprint density at radius 1 is 1.12 bits per heavy atom. The van der Waals surface area contributed by atoms with E-state index >= 15 is 0 Å². The average Bonchev–Trinajstić information content (AvgIpc) is 3.37. The fourth-order valence-corrected chi connectivity index (χ4v) is 3.97. The first-order chi connectivity index (χ1) is 12.3. The molecule has 0 unspecified atom stereocenters. The maximum atomic E-state index is 12.5. The van der Waals surface area contributed by atoms with Crippen molar-refractivity contribution in [1.82, 2.24) is 19.8 Å². The third-order valence-electron chi connectivity index (χ3n) is 5.63. The molecule has 1 aromatic heterocycles. The van der Waals surface area contributed by atoms with Crippen LogP contribution >= 0.6 is 0 Å². The predicted molar refractivity (Wildman–Crippen MR) is 94.7 cm³/mol. The number of nitrogens with one attached hydrogen (secondary N) is 1. The number of nitrogens with zero attached hydrogens (tertiary/aromatic N) is 3. The minimum absolute atomic E-state index is 0.0699. The van der Waals surface area contributed by atoms with Gasteiger partial charge in [0, 0.05) is 38.3 Å². The van der Waals surface area contributed by atoms with E-state index in [1.165, 1.54) is 24.2 Å². The Bertz CT molecular complexity index is 786. The third-order valence-corrected chi connectivity index (χ3v) is 5.63. The SMILES string of the molecule is O=C(NC1CCOCC1)N1CC(n2c(C3CC3)nc3ccccc32)C1. The van der Waals surface area contributed by atoms with Crippen molar-refractivity contribution in [2.75, 3.05) is 26.3 Å². The van der Waals surface area contributed by atoms with Crippen molar-refractivity contribution in [3.8, 4) is 0 Å². The summed E-state index contributed by atoms with van der Waals surface area (Å²) in [6.07, 6.45) is 4.32. The van der Waals surface area contributed by atoms with E-state index in [2.05, 4.69) is 28.1 Å². The number of para-hydroxylation sites is 2. The van der Waals surface area contributed by atoms with Crippen LogP contribution in [0.4, 0.5) is 4.79 Å². The Balaban J connectivity index is 1.29. The molecule has 2 amide bonds. The molecule has 0 radical (unpaired) electrons. The zero-order chi connectivity index (χ0) is 16.8. The molecule has 0 spiro atoms. The Morgan fingerprint density at radius 3 is 2.64 bits per heavy atom. The molecule has 5 rings (SSSR count). The zero-order valence-corrected chi connectivity index (χ0v) is 14.4. The molecular formula is C19H24N4O2. The minimum Gasteiger partial charge on any atom is -0.381 e. The molecule has 25 heavy (non-hydrogen) atoms. The van der Waals surface area contributed by atoms with Crippen LogP contribution in [-0.4, -0.2) is 52.8 Å². The Hall–Kier alpha value is -2.08. The van der Waals surface area contributed by atoms with Crippen molar-refractivity contribution >= 4 is 17.1 Å². The van der Waals surface area contributed by atoms with E-state index in [1.54, 1.807) is 0 Å². The molecule has 0 atom stereocenters. The monoisotopic (exact) mass is 340 g/mol. The van der Waals surface area contributed by atoms with Crippen LogP contribution < -0.4 is 5.32 Å². The van der Waals surface area contributed by atoms with Crippen LogP contribution in [-0.2, 0) is 4.74 Å². The fourth-order valence-electron chi connectivity index (χ4n) is 3.97. The van der Waals surface area contributed by atoms with Crippen LogP contribution in [0, 0.1) is 0 Å². The van der Waals surface area contributed by atoms with Gasteiger partial charge in [-0.1, -0.05) is 12.1 Å². The first-order valence-corrected chi connectivity index (χ1v) is 9.39. The number of aromatic nitrogens is 2. The number of urea groups is 1. The molecule has 1 saturated carbocycles. The van der Waals surface area contributed by atoms with Gasteiger partial charge in [0.05, 0.1) is 17.1 Å². The predicted octanol–water partition coefficient (Wildman–Crippen LogP) is 2.66. The molecule has 2 saturated heterocycles. The van der Waals surface area contributed by atoms with E-state index in [-0.39, 0.29) is 12.1 Å². The highest BCUT2D eigenvalue weighted by atomic mass is 16.5. The fraction of sp³-hybridized carbons (Fsp3) is 0.579. The van der Waals surface area contributed by atoms with Crippen LogP contribution in [0.25, 0.3) is 11.0 Å². The highest BCUT2D eigenvalue weighted by Crippen LogP contribution is 2.42. The molecule has 2 aliphatic heterocycles. The number of carbonyl (C=O) groups is 1. The second kappa shape index (κ2) is 6.02. The van der Waals surface area contributed by atoms with Gasteiger partial charge >= 0.3 is 6.03 Å². The van der Waals surface area contributed by atoms with Crippen molar-refractivity contribution in [1.29, 1.82) is 0 Å². The van der Waals surface area contributed by atoms with Crippen LogP contribution in [0.5, 0.6) is 0 Å². The van der Waals surface area contributed by atoms with Gasteiger partial charge in [0.1, 0.15) is 5.82 Å². The maximum absolute atomic E-state index is 12.5. The summed E-state index contributed by atoms with van der Waals surface area (Å²) >= 11 is 0. The second-order valence-electron chi connectivity index (χ2n) is 7.50. The number of imidazole rings is 1. The van der Waals surface area contributed by atoms with Crippen molar-refractivity contribution in [2.24, 2.45) is 0 Å². The lowest BCUT2D eigenvalue weighted by atomic mass is 10.1. The number of fused-ring (bicyclic) bond motifs is 1. The number of ether oxygens (including phenoxy) is 1. The van der Waals surface area contributed by atoms with E-state index in [4.69, 9.17) is 9.72 Å². The smallest absolute Gasteiger partial charge is 0.317 e. The number of benzene rings is 1. The topological polar surface area (TPSA) is 59.4 Å². The summed E-state index contributed by atoms with van der Waals surface area (Å²) in [6.45, 7) is 3.04. The van der Waals surface area contributed by atoms with E-state index in [9.17, 15) is 4.79 Å². The molecule has 1 aromatic carbocycles. The molecule has 6 heteroatoms. The van der Waals surface area contributed by atoms with Crippen LogP contribution in [0.2, 0.25) is 0 Å². The van der Waals surface area contributed by atoms with Crippen molar-refractivity contribution in [3.05, 3.63) is 30.1 Å². The van der Waals surface area contributed by atoms with Gasteiger partial charge in [0.2, 0.25) is 0 Å². The lowest BCUT2D eigenvalue weighted by molar-refractivity contribution is 0.0731. The van der Waals surface area contributed by atoms with Gasteiger partial charge in [-0.2, -0.15) is 0 Å². The second-order valence-corrected chi connectivity index (χ2v) is 7.50. The molecule has 3 heterocycles. The Morgan fingerprint density at radius 2 is 1.88 bits per heavy atom. The zero-order valence-electron chi connectivity index (χ0n) is 14.4. The first-order valence-electron chi connectivity index (χ1n) is 9.39. The van der Waals surface area contributed by atoms with E-state index in [1.807, 2.05) is 11.0 Å².